The average molecular weight is 492 g/mol. The minimum atomic E-state index is -0.493. The van der Waals surface area contributed by atoms with Crippen LogP contribution in [0.4, 0.5) is 9.18 Å². The van der Waals surface area contributed by atoms with Gasteiger partial charge in [-0.15, -0.1) is 24.0 Å². The molecule has 0 atom stereocenters. The van der Waals surface area contributed by atoms with Gasteiger partial charge >= 0.3 is 6.09 Å². The fraction of sp³-hybridized carbons (Fsp3) is 0.579. The number of carbonyl (C=O) groups is 1. The SMILES string of the molecule is Cc1cc(F)ccc1CCN=C(N)N1CCN(C(=O)OC(C)(C)C)CC1.I. The second-order valence-electron chi connectivity index (χ2n) is 7.52. The van der Waals surface area contributed by atoms with Crippen LogP contribution in [0.5, 0.6) is 0 Å². The van der Waals surface area contributed by atoms with Crippen molar-refractivity contribution in [3.63, 3.8) is 0 Å². The number of aliphatic imine (C=N–C) groups is 1. The normalized spacial score (nSPS) is 15.4. The second kappa shape index (κ2) is 10.1. The van der Waals surface area contributed by atoms with E-state index in [4.69, 9.17) is 10.5 Å². The first-order chi connectivity index (χ1) is 12.2. The monoisotopic (exact) mass is 492 g/mol. The van der Waals surface area contributed by atoms with Crippen LogP contribution in [-0.2, 0) is 11.2 Å². The van der Waals surface area contributed by atoms with Gasteiger partial charge in [-0.05, 0) is 57.4 Å². The van der Waals surface area contributed by atoms with E-state index >= 15 is 0 Å². The van der Waals surface area contributed by atoms with Crippen molar-refractivity contribution in [2.75, 3.05) is 32.7 Å². The first kappa shape index (κ1) is 23.5. The van der Waals surface area contributed by atoms with Gasteiger partial charge in [0.05, 0.1) is 0 Å². The lowest BCUT2D eigenvalue weighted by Crippen LogP contribution is -2.53. The Morgan fingerprint density at radius 1 is 1.22 bits per heavy atom. The fourth-order valence-electron chi connectivity index (χ4n) is 2.78. The van der Waals surface area contributed by atoms with Gasteiger partial charge in [-0.3, -0.25) is 4.99 Å². The van der Waals surface area contributed by atoms with E-state index in [9.17, 15) is 9.18 Å². The number of halogens is 2. The molecule has 1 aliphatic rings. The summed E-state index contributed by atoms with van der Waals surface area (Å²) in [5.41, 5.74) is 7.57. The van der Waals surface area contributed by atoms with Gasteiger partial charge < -0.3 is 20.3 Å². The number of benzene rings is 1. The molecular formula is C19H30FIN4O2. The van der Waals surface area contributed by atoms with Crippen LogP contribution in [0.1, 0.15) is 31.9 Å². The Hall–Kier alpha value is -1.58. The lowest BCUT2D eigenvalue weighted by atomic mass is 10.1. The van der Waals surface area contributed by atoms with Gasteiger partial charge in [-0.25, -0.2) is 9.18 Å². The molecule has 6 nitrogen and oxygen atoms in total. The van der Waals surface area contributed by atoms with E-state index in [2.05, 4.69) is 4.99 Å². The maximum Gasteiger partial charge on any atom is 0.410 e. The third kappa shape index (κ3) is 7.51. The molecule has 0 aromatic heterocycles. The van der Waals surface area contributed by atoms with Crippen LogP contribution in [-0.4, -0.2) is 60.2 Å². The quantitative estimate of drug-likeness (QED) is 0.400. The molecule has 152 valence electrons. The van der Waals surface area contributed by atoms with Crippen LogP contribution in [0.3, 0.4) is 0 Å². The summed E-state index contributed by atoms with van der Waals surface area (Å²) in [6.07, 6.45) is 0.421. The van der Waals surface area contributed by atoms with Crippen LogP contribution in [0.25, 0.3) is 0 Å². The standard InChI is InChI=1S/C19H29FN4O2.HI/c1-14-13-16(20)6-5-15(14)7-8-22-17(21)23-9-11-24(12-10-23)18(25)26-19(2,3)4;/h5-6,13H,7-12H2,1-4H3,(H2,21,22);1H. The van der Waals surface area contributed by atoms with E-state index in [0.29, 0.717) is 45.1 Å². The summed E-state index contributed by atoms with van der Waals surface area (Å²) in [5, 5.41) is 0. The van der Waals surface area contributed by atoms with Crippen molar-refractivity contribution >= 4 is 36.0 Å². The Balaban J connectivity index is 0.00000364. The maximum atomic E-state index is 13.1. The summed E-state index contributed by atoms with van der Waals surface area (Å²) in [6, 6.07) is 4.78. The minimum absolute atomic E-state index is 0. The first-order valence-electron chi connectivity index (χ1n) is 8.93. The summed E-state index contributed by atoms with van der Waals surface area (Å²) in [5.74, 6) is 0.255. The third-order valence-corrected chi connectivity index (χ3v) is 4.21. The predicted octanol–water partition coefficient (Wildman–Crippen LogP) is 3.16. The number of piperazine rings is 1. The van der Waals surface area contributed by atoms with Gasteiger partial charge in [0.2, 0.25) is 0 Å². The molecule has 2 N–H and O–H groups in total. The van der Waals surface area contributed by atoms with Gasteiger partial charge in [0.25, 0.3) is 0 Å². The molecule has 1 aromatic rings. The minimum Gasteiger partial charge on any atom is -0.444 e. The van der Waals surface area contributed by atoms with Crippen molar-refractivity contribution < 1.29 is 13.9 Å². The molecule has 2 rings (SSSR count). The molecule has 1 amide bonds. The van der Waals surface area contributed by atoms with E-state index in [1.807, 2.05) is 32.6 Å². The largest absolute Gasteiger partial charge is 0.444 e. The van der Waals surface area contributed by atoms with Crippen molar-refractivity contribution in [2.45, 2.75) is 39.7 Å². The van der Waals surface area contributed by atoms with Crippen molar-refractivity contribution in [1.29, 1.82) is 0 Å². The zero-order chi connectivity index (χ0) is 19.3. The van der Waals surface area contributed by atoms with E-state index < -0.39 is 5.60 Å². The molecule has 1 heterocycles. The number of hydrogen-bond acceptors (Lipinski definition) is 3. The average Bonchev–Trinajstić information content (AvgIpc) is 2.55. The number of nitrogens with zero attached hydrogens (tertiary/aromatic N) is 3. The predicted molar refractivity (Wildman–Crippen MR) is 116 cm³/mol. The van der Waals surface area contributed by atoms with Crippen LogP contribution >= 0.6 is 24.0 Å². The van der Waals surface area contributed by atoms with Gasteiger partial charge in [-0.2, -0.15) is 0 Å². The Morgan fingerprint density at radius 2 is 1.81 bits per heavy atom. The van der Waals surface area contributed by atoms with E-state index in [1.54, 1.807) is 11.0 Å². The van der Waals surface area contributed by atoms with E-state index in [-0.39, 0.29) is 35.9 Å². The number of guanidine groups is 1. The van der Waals surface area contributed by atoms with Crippen LogP contribution in [0.15, 0.2) is 23.2 Å². The zero-order valence-corrected chi connectivity index (χ0v) is 18.8. The Morgan fingerprint density at radius 3 is 2.37 bits per heavy atom. The number of carbonyl (C=O) groups excluding carboxylic acids is 1. The lowest BCUT2D eigenvalue weighted by Gasteiger charge is -2.36. The zero-order valence-electron chi connectivity index (χ0n) is 16.5. The summed E-state index contributed by atoms with van der Waals surface area (Å²) in [6.45, 7) is 10.4. The fourth-order valence-corrected chi connectivity index (χ4v) is 2.78. The molecule has 0 radical (unpaired) electrons. The molecule has 1 saturated heterocycles. The highest BCUT2D eigenvalue weighted by Gasteiger charge is 2.26. The van der Waals surface area contributed by atoms with E-state index in [1.165, 1.54) is 12.1 Å². The number of aryl methyl sites for hydroxylation is 1. The van der Waals surface area contributed by atoms with Crippen molar-refractivity contribution in [3.8, 4) is 0 Å². The maximum absolute atomic E-state index is 13.1. The van der Waals surface area contributed by atoms with Crippen LogP contribution in [0, 0.1) is 12.7 Å². The molecule has 0 aliphatic carbocycles. The molecule has 0 spiro atoms. The molecular weight excluding hydrogens is 462 g/mol. The Labute approximate surface area is 178 Å². The lowest BCUT2D eigenvalue weighted by molar-refractivity contribution is 0.0186. The number of amides is 1. The summed E-state index contributed by atoms with van der Waals surface area (Å²) >= 11 is 0. The van der Waals surface area contributed by atoms with Crippen molar-refractivity contribution in [1.82, 2.24) is 9.80 Å². The molecule has 1 aromatic carbocycles. The Bertz CT molecular complexity index is 668. The smallest absolute Gasteiger partial charge is 0.410 e. The molecule has 1 aliphatic heterocycles. The molecule has 0 bridgehead atoms. The number of ether oxygens (including phenoxy) is 1. The van der Waals surface area contributed by atoms with Crippen LogP contribution in [0.2, 0.25) is 0 Å². The molecule has 8 heteroatoms. The summed E-state index contributed by atoms with van der Waals surface area (Å²) < 4.78 is 18.5. The highest BCUT2D eigenvalue weighted by atomic mass is 127. The third-order valence-electron chi connectivity index (χ3n) is 4.21. The Kier molecular flexibility index (Phi) is 8.77. The van der Waals surface area contributed by atoms with Gasteiger partial charge in [0.15, 0.2) is 5.96 Å². The summed E-state index contributed by atoms with van der Waals surface area (Å²) in [7, 11) is 0. The molecule has 27 heavy (non-hydrogen) atoms. The van der Waals surface area contributed by atoms with Gasteiger partial charge in [0, 0.05) is 32.7 Å². The number of rotatable bonds is 3. The summed E-state index contributed by atoms with van der Waals surface area (Å²) in [4.78, 5) is 20.2. The van der Waals surface area contributed by atoms with Crippen molar-refractivity contribution in [2.24, 2.45) is 10.7 Å². The van der Waals surface area contributed by atoms with Gasteiger partial charge in [0.1, 0.15) is 11.4 Å². The molecule has 1 fully saturated rings. The number of hydrogen-bond donors (Lipinski definition) is 1. The molecule has 0 unspecified atom stereocenters. The van der Waals surface area contributed by atoms with Crippen molar-refractivity contribution in [3.05, 3.63) is 35.1 Å². The van der Waals surface area contributed by atoms with Gasteiger partial charge in [-0.1, -0.05) is 6.07 Å². The highest BCUT2D eigenvalue weighted by molar-refractivity contribution is 14.0. The number of nitrogens with two attached hydrogens (primary N) is 1. The highest BCUT2D eigenvalue weighted by Crippen LogP contribution is 2.13. The first-order valence-corrected chi connectivity index (χ1v) is 8.93. The van der Waals surface area contributed by atoms with Crippen LogP contribution < -0.4 is 5.73 Å². The second-order valence-corrected chi connectivity index (χ2v) is 7.52. The van der Waals surface area contributed by atoms with E-state index in [0.717, 1.165) is 11.1 Å². The topological polar surface area (TPSA) is 71.2 Å². The molecule has 0 saturated carbocycles.